The monoisotopic (exact) mass is 288 g/mol. The summed E-state index contributed by atoms with van der Waals surface area (Å²) < 4.78 is 26.6. The second-order valence-electron chi connectivity index (χ2n) is 3.72. The summed E-state index contributed by atoms with van der Waals surface area (Å²) >= 11 is 2.82. The number of nitrogens with one attached hydrogen (secondary N) is 1. The van der Waals surface area contributed by atoms with Crippen LogP contribution in [0, 0.1) is 11.3 Å². The number of hydrogen-bond donors (Lipinski definition) is 1. The van der Waals surface area contributed by atoms with Crippen LogP contribution in [0.3, 0.4) is 0 Å². The molecule has 0 bridgehead atoms. The third kappa shape index (κ3) is 3.22. The number of rotatable bonds is 4. The van der Waals surface area contributed by atoms with Crippen LogP contribution in [0.4, 0.5) is 0 Å². The van der Waals surface area contributed by atoms with Crippen molar-refractivity contribution in [2.24, 2.45) is 0 Å². The molecule has 0 aliphatic carbocycles. The molecule has 1 aliphatic heterocycles. The Kier molecular flexibility index (Phi) is 4.09. The lowest BCUT2D eigenvalue weighted by Crippen LogP contribution is -2.29. The van der Waals surface area contributed by atoms with Crippen molar-refractivity contribution in [1.82, 2.24) is 4.72 Å². The molecule has 0 radical (unpaired) electrons. The molecule has 1 fully saturated rings. The SMILES string of the molecule is N#Cc1ccc(S(=O)(=O)NCC2CCCS2)s1. The zero-order valence-corrected chi connectivity index (χ0v) is 11.5. The van der Waals surface area contributed by atoms with Gasteiger partial charge in [0.15, 0.2) is 0 Å². The highest BCUT2D eigenvalue weighted by molar-refractivity contribution is 8.00. The van der Waals surface area contributed by atoms with E-state index in [1.54, 1.807) is 0 Å². The van der Waals surface area contributed by atoms with Gasteiger partial charge in [0.05, 0.1) is 0 Å². The Labute approximate surface area is 109 Å². The fraction of sp³-hybridized carbons (Fsp3) is 0.500. The van der Waals surface area contributed by atoms with Crippen LogP contribution >= 0.6 is 23.1 Å². The fourth-order valence-corrected chi connectivity index (χ4v) is 5.14. The lowest BCUT2D eigenvalue weighted by atomic mass is 10.2. The van der Waals surface area contributed by atoms with Gasteiger partial charge in [0.25, 0.3) is 0 Å². The molecule has 92 valence electrons. The van der Waals surface area contributed by atoms with Gasteiger partial charge in [0.1, 0.15) is 15.2 Å². The van der Waals surface area contributed by atoms with E-state index in [2.05, 4.69) is 4.72 Å². The smallest absolute Gasteiger partial charge is 0.209 e. The minimum atomic E-state index is -3.43. The molecule has 2 rings (SSSR count). The van der Waals surface area contributed by atoms with Gasteiger partial charge < -0.3 is 0 Å². The number of nitrogens with zero attached hydrogens (tertiary/aromatic N) is 1. The van der Waals surface area contributed by atoms with Crippen molar-refractivity contribution >= 4 is 33.1 Å². The Morgan fingerprint density at radius 3 is 2.94 bits per heavy atom. The molecule has 2 heterocycles. The molecule has 0 amide bonds. The molecule has 1 aromatic rings. The Bertz CT molecular complexity index is 524. The highest BCUT2D eigenvalue weighted by Gasteiger charge is 2.21. The average molecular weight is 288 g/mol. The minimum absolute atomic E-state index is 0.219. The van der Waals surface area contributed by atoms with Gasteiger partial charge in [-0.2, -0.15) is 17.0 Å². The zero-order chi connectivity index (χ0) is 12.3. The summed E-state index contributed by atoms with van der Waals surface area (Å²) in [5, 5.41) is 9.05. The Morgan fingerprint density at radius 2 is 2.35 bits per heavy atom. The maximum atomic E-state index is 11.9. The van der Waals surface area contributed by atoms with Crippen LogP contribution in [0.1, 0.15) is 17.7 Å². The van der Waals surface area contributed by atoms with Crippen molar-refractivity contribution in [3.8, 4) is 6.07 Å². The molecule has 7 heteroatoms. The van der Waals surface area contributed by atoms with Gasteiger partial charge in [0.2, 0.25) is 10.0 Å². The predicted molar refractivity (Wildman–Crippen MR) is 69.7 cm³/mol. The predicted octanol–water partition coefficient (Wildman–Crippen LogP) is 1.79. The van der Waals surface area contributed by atoms with E-state index in [1.807, 2.05) is 17.8 Å². The van der Waals surface area contributed by atoms with Crippen LogP contribution in [0.5, 0.6) is 0 Å². The van der Waals surface area contributed by atoms with E-state index in [9.17, 15) is 8.42 Å². The Hall–Kier alpha value is -0.550. The molecule has 17 heavy (non-hydrogen) atoms. The first kappa shape index (κ1) is 12.9. The highest BCUT2D eigenvalue weighted by atomic mass is 32.2. The maximum Gasteiger partial charge on any atom is 0.250 e. The molecule has 0 aromatic carbocycles. The van der Waals surface area contributed by atoms with E-state index in [0.717, 1.165) is 29.9 Å². The van der Waals surface area contributed by atoms with Gasteiger partial charge in [0, 0.05) is 11.8 Å². The number of thioether (sulfide) groups is 1. The van der Waals surface area contributed by atoms with Crippen molar-refractivity contribution in [3.05, 3.63) is 17.0 Å². The molecule has 4 nitrogen and oxygen atoms in total. The molecular weight excluding hydrogens is 276 g/mol. The lowest BCUT2D eigenvalue weighted by Gasteiger charge is -2.09. The average Bonchev–Trinajstić information content (AvgIpc) is 2.98. The lowest BCUT2D eigenvalue weighted by molar-refractivity contribution is 0.581. The zero-order valence-electron chi connectivity index (χ0n) is 9.05. The topological polar surface area (TPSA) is 70.0 Å². The Morgan fingerprint density at radius 1 is 1.53 bits per heavy atom. The standard InChI is InChI=1S/C10H12N2O2S3/c11-6-8-3-4-10(16-8)17(13,14)12-7-9-2-1-5-15-9/h3-4,9,12H,1-2,5,7H2. The molecule has 1 aromatic heterocycles. The molecule has 1 aliphatic rings. The highest BCUT2D eigenvalue weighted by Crippen LogP contribution is 2.26. The molecule has 0 saturated carbocycles. The summed E-state index contributed by atoms with van der Waals surface area (Å²) in [5.74, 6) is 1.12. The number of thiophene rings is 1. The number of nitriles is 1. The first-order valence-electron chi connectivity index (χ1n) is 5.23. The van der Waals surface area contributed by atoms with Crippen LogP contribution in [0.2, 0.25) is 0 Å². The fourth-order valence-electron chi connectivity index (χ4n) is 1.60. The van der Waals surface area contributed by atoms with Gasteiger partial charge in [-0.1, -0.05) is 0 Å². The van der Waals surface area contributed by atoms with Gasteiger partial charge in [-0.15, -0.1) is 11.3 Å². The maximum absolute atomic E-state index is 11.9. The second-order valence-corrected chi connectivity index (χ2v) is 8.20. The second kappa shape index (κ2) is 5.40. The van der Waals surface area contributed by atoms with Gasteiger partial charge >= 0.3 is 0 Å². The number of sulfonamides is 1. The van der Waals surface area contributed by atoms with Crippen molar-refractivity contribution < 1.29 is 8.42 Å². The van der Waals surface area contributed by atoms with E-state index in [4.69, 9.17) is 5.26 Å². The van der Waals surface area contributed by atoms with Crippen molar-refractivity contribution in [2.45, 2.75) is 22.3 Å². The van der Waals surface area contributed by atoms with E-state index in [-0.39, 0.29) is 4.21 Å². The van der Waals surface area contributed by atoms with Crippen molar-refractivity contribution in [2.75, 3.05) is 12.3 Å². The first-order chi connectivity index (χ1) is 8.12. The third-order valence-electron chi connectivity index (χ3n) is 2.48. The Balaban J connectivity index is 2.00. The van der Waals surface area contributed by atoms with Gasteiger partial charge in [-0.05, 0) is 30.7 Å². The summed E-state index contributed by atoms with van der Waals surface area (Å²) in [6.07, 6.45) is 2.23. The summed E-state index contributed by atoms with van der Waals surface area (Å²) in [7, 11) is -3.43. The quantitative estimate of drug-likeness (QED) is 0.917. The molecular formula is C10H12N2O2S3. The van der Waals surface area contributed by atoms with Crippen molar-refractivity contribution in [3.63, 3.8) is 0 Å². The molecule has 1 saturated heterocycles. The van der Waals surface area contributed by atoms with Crippen LogP contribution in [0.25, 0.3) is 0 Å². The molecule has 0 spiro atoms. The van der Waals surface area contributed by atoms with Crippen LogP contribution < -0.4 is 4.72 Å². The van der Waals surface area contributed by atoms with E-state index < -0.39 is 10.0 Å². The van der Waals surface area contributed by atoms with Gasteiger partial charge in [-0.3, -0.25) is 0 Å². The van der Waals surface area contributed by atoms with Gasteiger partial charge in [-0.25, -0.2) is 13.1 Å². The summed E-state index contributed by atoms with van der Waals surface area (Å²) in [6.45, 7) is 0.479. The van der Waals surface area contributed by atoms with E-state index >= 15 is 0 Å². The largest absolute Gasteiger partial charge is 0.250 e. The summed E-state index contributed by atoms with van der Waals surface area (Å²) in [6, 6.07) is 4.95. The van der Waals surface area contributed by atoms with E-state index in [0.29, 0.717) is 16.7 Å². The first-order valence-corrected chi connectivity index (χ1v) is 8.58. The summed E-state index contributed by atoms with van der Waals surface area (Å²) in [5.41, 5.74) is 0. The normalized spacial score (nSPS) is 20.3. The third-order valence-corrected chi connectivity index (χ3v) is 6.78. The van der Waals surface area contributed by atoms with E-state index in [1.165, 1.54) is 12.1 Å². The van der Waals surface area contributed by atoms with Crippen molar-refractivity contribution in [1.29, 1.82) is 5.26 Å². The van der Waals surface area contributed by atoms with Crippen LogP contribution in [0.15, 0.2) is 16.3 Å². The van der Waals surface area contributed by atoms with Crippen LogP contribution in [-0.4, -0.2) is 26.0 Å². The minimum Gasteiger partial charge on any atom is -0.209 e. The number of hydrogen-bond acceptors (Lipinski definition) is 5. The molecule has 1 N–H and O–H groups in total. The molecule has 1 unspecified atom stereocenters. The van der Waals surface area contributed by atoms with Crippen LogP contribution in [-0.2, 0) is 10.0 Å². The summed E-state index contributed by atoms with van der Waals surface area (Å²) in [4.78, 5) is 0.417. The molecule has 1 atom stereocenters.